The molecule has 0 aliphatic rings. The summed E-state index contributed by atoms with van der Waals surface area (Å²) >= 11 is 0. The molecular weight excluding hydrogens is 194 g/mol. The highest BCUT2D eigenvalue weighted by Gasteiger charge is 2.02. The van der Waals surface area contributed by atoms with Crippen LogP contribution in [0.1, 0.15) is 19.4 Å². The number of ether oxygens (including phenoxy) is 2. The Morgan fingerprint density at radius 3 is 2.87 bits per heavy atom. The monoisotopic (exact) mass is 211 g/mol. The van der Waals surface area contributed by atoms with Gasteiger partial charge in [0.2, 0.25) is 5.88 Å². The lowest BCUT2D eigenvalue weighted by Gasteiger charge is -2.10. The lowest BCUT2D eigenvalue weighted by Crippen LogP contribution is -2.12. The Balaban J connectivity index is 2.36. The van der Waals surface area contributed by atoms with Crippen LogP contribution in [0.15, 0.2) is 18.3 Å². The van der Waals surface area contributed by atoms with Crippen molar-refractivity contribution in [1.82, 2.24) is 4.98 Å². The highest BCUT2D eigenvalue weighted by molar-refractivity contribution is 5.24. The van der Waals surface area contributed by atoms with Gasteiger partial charge in [-0.3, -0.25) is 0 Å². The fraction of sp³-hybridized carbons (Fsp3) is 0.545. The number of hydrogen-bond donors (Lipinski definition) is 1. The van der Waals surface area contributed by atoms with Gasteiger partial charge in [0, 0.05) is 11.8 Å². The molecule has 0 saturated heterocycles. The average molecular weight is 211 g/mol. The molecule has 0 aromatic carbocycles. The Labute approximate surface area is 89.9 Å². The molecule has 0 radical (unpaired) electrons. The Morgan fingerprint density at radius 2 is 2.20 bits per heavy atom. The van der Waals surface area contributed by atoms with Crippen molar-refractivity contribution in [3.63, 3.8) is 0 Å². The molecule has 0 amide bonds. The van der Waals surface area contributed by atoms with Gasteiger partial charge in [0.25, 0.3) is 0 Å². The smallest absolute Gasteiger partial charge is 0.218 e. The molecule has 0 spiro atoms. The van der Waals surface area contributed by atoms with Crippen molar-refractivity contribution in [2.45, 2.75) is 26.6 Å². The van der Waals surface area contributed by atoms with Crippen LogP contribution in [-0.2, 0) is 11.3 Å². The third kappa shape index (κ3) is 4.27. The second-order valence-corrected chi connectivity index (χ2v) is 3.39. The fourth-order valence-corrected chi connectivity index (χ4v) is 1.10. The first kappa shape index (κ1) is 11.9. The Kier molecular flexibility index (Phi) is 5.07. The van der Waals surface area contributed by atoms with Crippen molar-refractivity contribution in [3.8, 4) is 5.88 Å². The summed E-state index contributed by atoms with van der Waals surface area (Å²) in [5.74, 6) is 0.479. The van der Waals surface area contributed by atoms with Crippen molar-refractivity contribution >= 4 is 0 Å². The summed E-state index contributed by atoms with van der Waals surface area (Å²) in [6, 6.07) is 3.55. The molecule has 1 N–H and O–H groups in total. The van der Waals surface area contributed by atoms with Gasteiger partial charge in [0.15, 0.2) is 0 Å². The number of nitrogens with zero attached hydrogens (tertiary/aromatic N) is 1. The normalized spacial score (nSPS) is 10.7. The molecule has 0 fully saturated rings. The van der Waals surface area contributed by atoms with Gasteiger partial charge >= 0.3 is 0 Å². The summed E-state index contributed by atoms with van der Waals surface area (Å²) in [6.07, 6.45) is 1.84. The number of rotatable bonds is 6. The van der Waals surface area contributed by atoms with E-state index < -0.39 is 0 Å². The van der Waals surface area contributed by atoms with E-state index in [1.807, 2.05) is 13.8 Å². The molecule has 0 atom stereocenters. The summed E-state index contributed by atoms with van der Waals surface area (Å²) in [7, 11) is 0. The van der Waals surface area contributed by atoms with Crippen LogP contribution in [0.4, 0.5) is 0 Å². The maximum Gasteiger partial charge on any atom is 0.218 e. The Bertz CT molecular complexity index is 289. The zero-order chi connectivity index (χ0) is 11.1. The van der Waals surface area contributed by atoms with Crippen LogP contribution in [0, 0.1) is 0 Å². The van der Waals surface area contributed by atoms with Crippen LogP contribution in [-0.4, -0.2) is 29.4 Å². The van der Waals surface area contributed by atoms with Gasteiger partial charge in [-0.15, -0.1) is 0 Å². The topological polar surface area (TPSA) is 51.6 Å². The first-order valence-electron chi connectivity index (χ1n) is 5.03. The van der Waals surface area contributed by atoms with E-state index in [4.69, 9.17) is 14.6 Å². The van der Waals surface area contributed by atoms with Gasteiger partial charge in [0.05, 0.1) is 19.3 Å². The molecule has 0 bridgehead atoms. The molecule has 4 nitrogen and oxygen atoms in total. The Morgan fingerprint density at radius 1 is 1.40 bits per heavy atom. The Hall–Kier alpha value is -1.13. The van der Waals surface area contributed by atoms with Gasteiger partial charge in [-0.1, -0.05) is 0 Å². The van der Waals surface area contributed by atoms with E-state index in [-0.39, 0.29) is 12.7 Å². The molecule has 15 heavy (non-hydrogen) atoms. The summed E-state index contributed by atoms with van der Waals surface area (Å²) in [5, 5.41) is 9.01. The second-order valence-electron chi connectivity index (χ2n) is 3.39. The molecular formula is C11H17NO3. The van der Waals surface area contributed by atoms with E-state index in [9.17, 15) is 0 Å². The lowest BCUT2D eigenvalue weighted by molar-refractivity contribution is 0.0537. The number of pyridine rings is 1. The van der Waals surface area contributed by atoms with Crippen LogP contribution < -0.4 is 4.74 Å². The average Bonchev–Trinajstić information content (AvgIpc) is 2.24. The van der Waals surface area contributed by atoms with Crippen LogP contribution in [0.5, 0.6) is 5.88 Å². The molecule has 1 heterocycles. The molecule has 4 heteroatoms. The molecule has 1 aromatic rings. The number of aliphatic hydroxyl groups is 1. The first-order chi connectivity index (χ1) is 7.24. The highest BCUT2D eigenvalue weighted by atomic mass is 16.5. The van der Waals surface area contributed by atoms with Crippen LogP contribution in [0.3, 0.4) is 0 Å². The quantitative estimate of drug-likeness (QED) is 0.722. The van der Waals surface area contributed by atoms with Crippen molar-refractivity contribution in [2.24, 2.45) is 0 Å². The molecule has 0 aliphatic heterocycles. The summed E-state index contributed by atoms with van der Waals surface area (Å²) < 4.78 is 10.7. The fourth-order valence-electron chi connectivity index (χ4n) is 1.10. The zero-order valence-electron chi connectivity index (χ0n) is 9.14. The first-order valence-corrected chi connectivity index (χ1v) is 5.03. The predicted octanol–water partition coefficient (Wildman–Crippen LogP) is 1.38. The van der Waals surface area contributed by atoms with Crippen LogP contribution in [0.25, 0.3) is 0 Å². The number of hydrogen-bond acceptors (Lipinski definition) is 4. The largest absolute Gasteiger partial charge is 0.475 e. The SMILES string of the molecule is CC(C)OCCOc1ncccc1CO. The predicted molar refractivity (Wildman–Crippen MR) is 56.7 cm³/mol. The minimum absolute atomic E-state index is 0.0613. The molecule has 0 aliphatic carbocycles. The molecule has 0 saturated carbocycles. The van der Waals surface area contributed by atoms with Gasteiger partial charge in [-0.25, -0.2) is 4.98 Å². The van der Waals surface area contributed by atoms with Crippen molar-refractivity contribution in [1.29, 1.82) is 0 Å². The zero-order valence-corrected chi connectivity index (χ0v) is 9.14. The summed E-state index contributed by atoms with van der Waals surface area (Å²) in [4.78, 5) is 4.03. The van der Waals surface area contributed by atoms with E-state index >= 15 is 0 Å². The minimum Gasteiger partial charge on any atom is -0.475 e. The van der Waals surface area contributed by atoms with Crippen molar-refractivity contribution < 1.29 is 14.6 Å². The van der Waals surface area contributed by atoms with E-state index in [1.54, 1.807) is 18.3 Å². The maximum atomic E-state index is 9.01. The minimum atomic E-state index is -0.0613. The molecule has 0 unspecified atom stereocenters. The van der Waals surface area contributed by atoms with Gasteiger partial charge in [-0.2, -0.15) is 0 Å². The second kappa shape index (κ2) is 6.37. The van der Waals surface area contributed by atoms with Gasteiger partial charge < -0.3 is 14.6 Å². The highest BCUT2D eigenvalue weighted by Crippen LogP contribution is 2.13. The van der Waals surface area contributed by atoms with Gasteiger partial charge in [-0.05, 0) is 26.0 Å². The maximum absolute atomic E-state index is 9.01. The summed E-state index contributed by atoms with van der Waals surface area (Å²) in [6.45, 7) is 4.86. The van der Waals surface area contributed by atoms with Crippen LogP contribution >= 0.6 is 0 Å². The van der Waals surface area contributed by atoms with E-state index in [2.05, 4.69) is 4.98 Å². The van der Waals surface area contributed by atoms with E-state index in [0.29, 0.717) is 24.7 Å². The van der Waals surface area contributed by atoms with Crippen molar-refractivity contribution in [2.75, 3.05) is 13.2 Å². The standard InChI is InChI=1S/C11H17NO3/c1-9(2)14-6-7-15-11-10(8-13)4-3-5-12-11/h3-5,9,13H,6-8H2,1-2H3. The van der Waals surface area contributed by atoms with E-state index in [1.165, 1.54) is 0 Å². The lowest BCUT2D eigenvalue weighted by atomic mass is 10.3. The van der Waals surface area contributed by atoms with Crippen LogP contribution in [0.2, 0.25) is 0 Å². The van der Waals surface area contributed by atoms with E-state index in [0.717, 1.165) is 0 Å². The number of aromatic nitrogens is 1. The third-order valence-electron chi connectivity index (χ3n) is 1.79. The third-order valence-corrected chi connectivity index (χ3v) is 1.79. The number of aliphatic hydroxyl groups excluding tert-OH is 1. The summed E-state index contributed by atoms with van der Waals surface area (Å²) in [5.41, 5.74) is 0.696. The molecule has 1 aromatic heterocycles. The molecule has 84 valence electrons. The van der Waals surface area contributed by atoms with Crippen molar-refractivity contribution in [3.05, 3.63) is 23.9 Å². The van der Waals surface area contributed by atoms with Gasteiger partial charge in [0.1, 0.15) is 6.61 Å². The molecule has 1 rings (SSSR count).